The van der Waals surface area contributed by atoms with E-state index in [1.54, 1.807) is 6.07 Å². The van der Waals surface area contributed by atoms with Crippen LogP contribution in [0.3, 0.4) is 0 Å². The first-order chi connectivity index (χ1) is 11.0. The summed E-state index contributed by atoms with van der Waals surface area (Å²) >= 11 is 0. The minimum absolute atomic E-state index is 0.0793. The summed E-state index contributed by atoms with van der Waals surface area (Å²) in [5.41, 5.74) is 0. The van der Waals surface area contributed by atoms with E-state index in [0.717, 1.165) is 13.0 Å². The first kappa shape index (κ1) is 17.4. The maximum absolute atomic E-state index is 12.4. The molecule has 0 amide bonds. The lowest BCUT2D eigenvalue weighted by atomic mass is 10.3. The summed E-state index contributed by atoms with van der Waals surface area (Å²) in [7, 11) is -0.796. The van der Waals surface area contributed by atoms with Crippen LogP contribution in [0.15, 0.2) is 28.1 Å². The zero-order chi connectivity index (χ0) is 16.9. The van der Waals surface area contributed by atoms with Crippen molar-refractivity contribution in [3.05, 3.63) is 18.2 Å². The first-order valence-electron chi connectivity index (χ1n) is 7.25. The van der Waals surface area contributed by atoms with E-state index in [1.165, 1.54) is 26.4 Å². The third-order valence-corrected chi connectivity index (χ3v) is 4.67. The van der Waals surface area contributed by atoms with E-state index in [2.05, 4.69) is 26.9 Å². The third-order valence-electron chi connectivity index (χ3n) is 3.34. The van der Waals surface area contributed by atoms with Gasteiger partial charge in [-0.25, -0.2) is 18.1 Å². The fraction of sp³-hybridized carbons (Fsp3) is 0.500. The SMILES string of the molecule is CCCN1CN=C(NS(=O)(=O)c2ccc(OC)c(OC)c2)NC1. The van der Waals surface area contributed by atoms with E-state index in [1.807, 2.05) is 0 Å². The third kappa shape index (κ3) is 4.26. The van der Waals surface area contributed by atoms with E-state index in [4.69, 9.17) is 9.47 Å². The Labute approximate surface area is 136 Å². The Bertz CT molecular complexity index is 675. The number of hydrogen-bond acceptors (Lipinski definition) is 7. The normalized spacial score (nSPS) is 15.5. The number of hydrogen-bond donors (Lipinski definition) is 2. The van der Waals surface area contributed by atoms with Gasteiger partial charge in [-0.1, -0.05) is 6.92 Å². The molecule has 0 aliphatic carbocycles. The van der Waals surface area contributed by atoms with Crippen LogP contribution in [0.5, 0.6) is 11.5 Å². The lowest BCUT2D eigenvalue weighted by Gasteiger charge is -2.26. The number of nitrogens with zero attached hydrogens (tertiary/aromatic N) is 2. The van der Waals surface area contributed by atoms with Crippen molar-refractivity contribution in [3.8, 4) is 11.5 Å². The maximum atomic E-state index is 12.4. The van der Waals surface area contributed by atoms with Crippen molar-refractivity contribution in [2.45, 2.75) is 18.2 Å². The predicted molar refractivity (Wildman–Crippen MR) is 87.2 cm³/mol. The average molecular weight is 342 g/mol. The predicted octanol–water partition coefficient (Wildman–Crippen LogP) is 0.568. The standard InChI is InChI=1S/C14H22N4O4S/c1-4-7-18-9-15-14(16-10-18)17-23(19,20)11-5-6-12(21-2)13(8-11)22-3/h5-6,8H,4,7,9-10H2,1-3H3,(H2,15,16,17). The van der Waals surface area contributed by atoms with Gasteiger partial charge in [-0.2, -0.15) is 0 Å². The largest absolute Gasteiger partial charge is 0.493 e. The second-order valence-corrected chi connectivity index (χ2v) is 6.68. The highest BCUT2D eigenvalue weighted by Gasteiger charge is 2.20. The number of sulfonamides is 1. The molecule has 0 unspecified atom stereocenters. The average Bonchev–Trinajstić information content (AvgIpc) is 2.56. The number of rotatable bonds is 6. The number of ether oxygens (including phenoxy) is 2. The van der Waals surface area contributed by atoms with Gasteiger partial charge in [-0.05, 0) is 18.6 Å². The highest BCUT2D eigenvalue weighted by molar-refractivity contribution is 7.90. The van der Waals surface area contributed by atoms with E-state index in [0.29, 0.717) is 24.8 Å². The lowest BCUT2D eigenvalue weighted by molar-refractivity contribution is 0.264. The molecule has 8 nitrogen and oxygen atoms in total. The van der Waals surface area contributed by atoms with E-state index >= 15 is 0 Å². The monoisotopic (exact) mass is 342 g/mol. The molecular weight excluding hydrogens is 320 g/mol. The van der Waals surface area contributed by atoms with Gasteiger partial charge in [0, 0.05) is 12.6 Å². The van der Waals surface area contributed by atoms with Crippen LogP contribution < -0.4 is 19.5 Å². The van der Waals surface area contributed by atoms with Crippen LogP contribution >= 0.6 is 0 Å². The molecule has 0 atom stereocenters. The van der Waals surface area contributed by atoms with Crippen LogP contribution in [0.1, 0.15) is 13.3 Å². The van der Waals surface area contributed by atoms with Crippen molar-refractivity contribution in [2.75, 3.05) is 34.1 Å². The molecule has 0 fully saturated rings. The van der Waals surface area contributed by atoms with Crippen LogP contribution in [0.25, 0.3) is 0 Å². The number of guanidine groups is 1. The summed E-state index contributed by atoms with van der Waals surface area (Å²) in [4.78, 5) is 6.36. The minimum atomic E-state index is -3.74. The molecule has 0 aromatic heterocycles. The van der Waals surface area contributed by atoms with Gasteiger partial charge in [0.15, 0.2) is 11.5 Å². The molecule has 23 heavy (non-hydrogen) atoms. The Kier molecular flexibility index (Phi) is 5.67. The van der Waals surface area contributed by atoms with Crippen LogP contribution in [0.4, 0.5) is 0 Å². The van der Waals surface area contributed by atoms with Gasteiger partial charge >= 0.3 is 0 Å². The van der Waals surface area contributed by atoms with Gasteiger partial charge in [0.2, 0.25) is 5.96 Å². The lowest BCUT2D eigenvalue weighted by Crippen LogP contribution is -2.50. The zero-order valence-corrected chi connectivity index (χ0v) is 14.3. The summed E-state index contributed by atoms with van der Waals surface area (Å²) in [5, 5.41) is 2.96. The molecule has 1 aromatic carbocycles. The molecule has 9 heteroatoms. The molecule has 0 saturated carbocycles. The Morgan fingerprint density at radius 3 is 2.61 bits per heavy atom. The van der Waals surface area contributed by atoms with Crippen LogP contribution in [0.2, 0.25) is 0 Å². The molecule has 1 aromatic rings. The van der Waals surface area contributed by atoms with Gasteiger partial charge < -0.3 is 14.8 Å². The summed E-state index contributed by atoms with van der Waals surface area (Å²) in [6.07, 6.45) is 1.02. The van der Waals surface area contributed by atoms with Gasteiger partial charge in [0.05, 0.1) is 32.5 Å². The zero-order valence-electron chi connectivity index (χ0n) is 13.5. The number of nitrogens with one attached hydrogen (secondary N) is 2. The Morgan fingerprint density at radius 1 is 1.30 bits per heavy atom. The van der Waals surface area contributed by atoms with Gasteiger partial charge in [0.1, 0.15) is 0 Å². The first-order valence-corrected chi connectivity index (χ1v) is 8.74. The van der Waals surface area contributed by atoms with Crippen LogP contribution in [0, 0.1) is 0 Å². The number of methoxy groups -OCH3 is 2. The van der Waals surface area contributed by atoms with E-state index in [-0.39, 0.29) is 10.9 Å². The molecule has 0 spiro atoms. The van der Waals surface area contributed by atoms with Crippen molar-refractivity contribution in [1.29, 1.82) is 0 Å². The molecule has 0 saturated heterocycles. The Morgan fingerprint density at radius 2 is 2.04 bits per heavy atom. The Balaban J connectivity index is 2.13. The molecule has 1 aliphatic rings. The summed E-state index contributed by atoms with van der Waals surface area (Å²) in [5.74, 6) is 1.06. The second-order valence-electron chi connectivity index (χ2n) is 5.00. The summed E-state index contributed by atoms with van der Waals surface area (Å²) in [6, 6.07) is 4.41. The summed E-state index contributed by atoms with van der Waals surface area (Å²) < 4.78 is 37.6. The highest BCUT2D eigenvalue weighted by Crippen LogP contribution is 2.29. The van der Waals surface area contributed by atoms with Gasteiger partial charge in [0.25, 0.3) is 10.0 Å². The van der Waals surface area contributed by atoms with Crippen molar-refractivity contribution < 1.29 is 17.9 Å². The molecule has 1 aliphatic heterocycles. The summed E-state index contributed by atoms with van der Waals surface area (Å²) in [6.45, 7) is 4.01. The minimum Gasteiger partial charge on any atom is -0.493 e. The smallest absolute Gasteiger partial charge is 0.264 e. The number of aliphatic imine (C=N–C) groups is 1. The molecule has 2 N–H and O–H groups in total. The molecule has 2 rings (SSSR count). The maximum Gasteiger partial charge on any atom is 0.264 e. The number of benzene rings is 1. The van der Waals surface area contributed by atoms with E-state index < -0.39 is 10.0 Å². The fourth-order valence-electron chi connectivity index (χ4n) is 2.17. The Hall–Kier alpha value is -2.00. The van der Waals surface area contributed by atoms with Gasteiger partial charge in [-0.3, -0.25) is 4.90 Å². The topological polar surface area (TPSA) is 92.3 Å². The van der Waals surface area contributed by atoms with Crippen molar-refractivity contribution in [2.24, 2.45) is 4.99 Å². The molecule has 1 heterocycles. The molecule has 128 valence electrons. The fourth-order valence-corrected chi connectivity index (χ4v) is 3.19. The van der Waals surface area contributed by atoms with Crippen molar-refractivity contribution in [3.63, 3.8) is 0 Å². The molecular formula is C14H22N4O4S. The quantitative estimate of drug-likeness (QED) is 0.785. The van der Waals surface area contributed by atoms with E-state index in [9.17, 15) is 8.42 Å². The molecule has 0 radical (unpaired) electrons. The van der Waals surface area contributed by atoms with Crippen LogP contribution in [-0.2, 0) is 10.0 Å². The van der Waals surface area contributed by atoms with Gasteiger partial charge in [-0.15, -0.1) is 0 Å². The van der Waals surface area contributed by atoms with Crippen molar-refractivity contribution in [1.82, 2.24) is 14.9 Å². The highest BCUT2D eigenvalue weighted by atomic mass is 32.2. The van der Waals surface area contributed by atoms with Crippen LogP contribution in [-0.4, -0.2) is 53.4 Å². The molecule has 0 bridgehead atoms. The van der Waals surface area contributed by atoms with Crippen molar-refractivity contribution >= 4 is 16.0 Å². The second kappa shape index (κ2) is 7.51.